The van der Waals surface area contributed by atoms with Crippen LogP contribution in [0.1, 0.15) is 23.1 Å². The summed E-state index contributed by atoms with van der Waals surface area (Å²) in [5.74, 6) is -1.63. The first kappa shape index (κ1) is 14.6. The highest BCUT2D eigenvalue weighted by Crippen LogP contribution is 2.40. The van der Waals surface area contributed by atoms with Crippen LogP contribution in [-0.4, -0.2) is 16.1 Å². The van der Waals surface area contributed by atoms with Crippen molar-refractivity contribution in [1.82, 2.24) is 4.98 Å². The van der Waals surface area contributed by atoms with Gasteiger partial charge in [0.15, 0.2) is 0 Å². The van der Waals surface area contributed by atoms with Crippen LogP contribution in [0.25, 0.3) is 0 Å². The van der Waals surface area contributed by atoms with E-state index in [9.17, 15) is 26.7 Å². The molecular formula is C9H5ClF5NO2. The van der Waals surface area contributed by atoms with Crippen LogP contribution in [0, 0.1) is 0 Å². The Bertz CT molecular complexity index is 475. The summed E-state index contributed by atoms with van der Waals surface area (Å²) >= 11 is 5.34. The topological polar surface area (TPSA) is 50.2 Å². The minimum atomic E-state index is -5.14. The fourth-order valence-corrected chi connectivity index (χ4v) is 1.57. The van der Waals surface area contributed by atoms with Gasteiger partial charge in [-0.2, -0.15) is 13.2 Å². The molecule has 1 aromatic heterocycles. The third kappa shape index (κ3) is 3.06. The molecule has 18 heavy (non-hydrogen) atoms. The van der Waals surface area contributed by atoms with Crippen LogP contribution in [0.5, 0.6) is 0 Å². The molecule has 0 radical (unpaired) electrons. The average Bonchev–Trinajstić information content (AvgIpc) is 2.17. The maximum atomic E-state index is 12.7. The van der Waals surface area contributed by atoms with Crippen molar-refractivity contribution >= 4 is 17.6 Å². The molecule has 0 aliphatic rings. The Morgan fingerprint density at radius 3 is 2.39 bits per heavy atom. The molecule has 0 atom stereocenters. The molecule has 0 spiro atoms. The summed E-state index contributed by atoms with van der Waals surface area (Å²) in [6.07, 6.45) is -9.41. The zero-order chi connectivity index (χ0) is 14.1. The molecule has 0 amide bonds. The summed E-state index contributed by atoms with van der Waals surface area (Å²) in [6.45, 7) is 0. The van der Waals surface area contributed by atoms with Crippen molar-refractivity contribution in [2.75, 3.05) is 0 Å². The van der Waals surface area contributed by atoms with Crippen LogP contribution in [0.15, 0.2) is 6.20 Å². The van der Waals surface area contributed by atoms with E-state index in [1.807, 2.05) is 0 Å². The lowest BCUT2D eigenvalue weighted by Gasteiger charge is -2.16. The summed E-state index contributed by atoms with van der Waals surface area (Å²) in [5, 5.41) is 7.71. The third-order valence-corrected chi connectivity index (χ3v) is 2.33. The van der Waals surface area contributed by atoms with Crippen LogP contribution in [0.3, 0.4) is 0 Å². The number of carboxylic acids is 1. The van der Waals surface area contributed by atoms with Crippen LogP contribution in [-0.2, 0) is 17.4 Å². The number of carbonyl (C=O) groups is 1. The summed E-state index contributed by atoms with van der Waals surface area (Å²) in [4.78, 5) is 13.6. The highest BCUT2D eigenvalue weighted by Gasteiger charge is 2.40. The molecule has 9 heteroatoms. The molecule has 0 saturated carbocycles. The average molecular weight is 290 g/mol. The number of hydrogen-bond acceptors (Lipinski definition) is 2. The monoisotopic (exact) mass is 289 g/mol. The van der Waals surface area contributed by atoms with Gasteiger partial charge in [0.25, 0.3) is 6.43 Å². The van der Waals surface area contributed by atoms with E-state index >= 15 is 0 Å². The summed E-state index contributed by atoms with van der Waals surface area (Å²) in [7, 11) is 0. The molecule has 1 rings (SSSR count). The van der Waals surface area contributed by atoms with Gasteiger partial charge in [-0.3, -0.25) is 4.79 Å². The second-order valence-corrected chi connectivity index (χ2v) is 3.58. The number of pyridine rings is 1. The lowest BCUT2D eigenvalue weighted by molar-refractivity contribution is -0.141. The molecule has 1 N–H and O–H groups in total. The molecule has 0 saturated heterocycles. The quantitative estimate of drug-likeness (QED) is 0.686. The molecular weight excluding hydrogens is 285 g/mol. The molecule has 3 nitrogen and oxygen atoms in total. The Hall–Kier alpha value is -1.44. The third-order valence-electron chi connectivity index (χ3n) is 2.00. The van der Waals surface area contributed by atoms with E-state index in [1.54, 1.807) is 0 Å². The van der Waals surface area contributed by atoms with Gasteiger partial charge < -0.3 is 5.11 Å². The number of halogens is 6. The SMILES string of the molecule is O=C(O)Cc1c(Cl)ncc(C(F)F)c1C(F)(F)F. The van der Waals surface area contributed by atoms with Crippen molar-refractivity contribution in [3.8, 4) is 0 Å². The predicted molar refractivity (Wildman–Crippen MR) is 50.5 cm³/mol. The second kappa shape index (κ2) is 5.05. The molecule has 0 bridgehead atoms. The maximum absolute atomic E-state index is 12.7. The normalized spacial score (nSPS) is 11.9. The standard InChI is InChI=1S/C9H5ClF5NO2/c10-7-3(1-5(17)18)6(9(13,14)15)4(2-16-7)8(11)12/h2,8H,1H2,(H,17,18). The van der Waals surface area contributed by atoms with E-state index in [0.29, 0.717) is 6.20 Å². The van der Waals surface area contributed by atoms with Gasteiger partial charge >= 0.3 is 12.1 Å². The molecule has 0 unspecified atom stereocenters. The van der Waals surface area contributed by atoms with Crippen molar-refractivity contribution in [2.24, 2.45) is 0 Å². The van der Waals surface area contributed by atoms with Crippen LogP contribution in [0.4, 0.5) is 22.0 Å². The van der Waals surface area contributed by atoms with E-state index in [4.69, 9.17) is 16.7 Å². The van der Waals surface area contributed by atoms with Crippen molar-refractivity contribution in [3.63, 3.8) is 0 Å². The number of rotatable bonds is 3. The number of hydrogen-bond donors (Lipinski definition) is 1. The number of carboxylic acid groups (broad SMARTS) is 1. The summed E-state index contributed by atoms with van der Waals surface area (Å²) in [5.41, 5.74) is -4.09. The lowest BCUT2D eigenvalue weighted by atomic mass is 10.0. The Balaban J connectivity index is 3.55. The zero-order valence-corrected chi connectivity index (χ0v) is 9.19. The van der Waals surface area contributed by atoms with Gasteiger partial charge in [-0.1, -0.05) is 11.6 Å². The van der Waals surface area contributed by atoms with Crippen molar-refractivity contribution in [2.45, 2.75) is 19.0 Å². The van der Waals surface area contributed by atoms with Crippen LogP contribution >= 0.6 is 11.6 Å². The first-order valence-corrected chi connectivity index (χ1v) is 4.76. The fourth-order valence-electron chi connectivity index (χ4n) is 1.36. The number of aromatic nitrogens is 1. The van der Waals surface area contributed by atoms with Crippen molar-refractivity contribution < 1.29 is 31.9 Å². The number of aliphatic carboxylic acids is 1. The molecule has 1 aromatic rings. The zero-order valence-electron chi connectivity index (χ0n) is 8.43. The molecule has 100 valence electrons. The van der Waals surface area contributed by atoms with E-state index in [2.05, 4.69) is 4.98 Å². The van der Waals surface area contributed by atoms with Gasteiger partial charge in [-0.15, -0.1) is 0 Å². The number of nitrogens with zero attached hydrogens (tertiary/aromatic N) is 1. The molecule has 0 aromatic carbocycles. The minimum Gasteiger partial charge on any atom is -0.481 e. The highest BCUT2D eigenvalue weighted by atomic mass is 35.5. The highest BCUT2D eigenvalue weighted by molar-refractivity contribution is 6.30. The molecule has 0 aliphatic heterocycles. The van der Waals surface area contributed by atoms with Gasteiger partial charge in [-0.05, 0) is 0 Å². The van der Waals surface area contributed by atoms with Crippen molar-refractivity contribution in [1.29, 1.82) is 0 Å². The maximum Gasteiger partial charge on any atom is 0.417 e. The molecule has 1 heterocycles. The number of alkyl halides is 5. The predicted octanol–water partition coefficient (Wildman–Crippen LogP) is 3.32. The van der Waals surface area contributed by atoms with Crippen LogP contribution < -0.4 is 0 Å². The fraction of sp³-hybridized carbons (Fsp3) is 0.333. The minimum absolute atomic E-state index is 0.293. The van der Waals surface area contributed by atoms with Crippen molar-refractivity contribution in [3.05, 3.63) is 28.0 Å². The Morgan fingerprint density at radius 2 is 2.00 bits per heavy atom. The largest absolute Gasteiger partial charge is 0.481 e. The van der Waals surface area contributed by atoms with Gasteiger partial charge in [0.05, 0.1) is 12.0 Å². The summed E-state index contributed by atoms with van der Waals surface area (Å²) in [6, 6.07) is 0. The second-order valence-electron chi connectivity index (χ2n) is 3.23. The van der Waals surface area contributed by atoms with Gasteiger partial charge in [0.1, 0.15) is 5.15 Å². The van der Waals surface area contributed by atoms with Crippen LogP contribution in [0.2, 0.25) is 5.15 Å². The lowest BCUT2D eigenvalue weighted by Crippen LogP contribution is -2.17. The first-order chi connectivity index (χ1) is 8.14. The first-order valence-electron chi connectivity index (χ1n) is 4.39. The Morgan fingerprint density at radius 1 is 1.44 bits per heavy atom. The smallest absolute Gasteiger partial charge is 0.417 e. The van der Waals surface area contributed by atoms with E-state index in [1.165, 1.54) is 0 Å². The van der Waals surface area contributed by atoms with Gasteiger partial charge in [0, 0.05) is 17.3 Å². The van der Waals surface area contributed by atoms with E-state index < -0.39 is 46.8 Å². The van der Waals surface area contributed by atoms with Gasteiger partial charge in [0.2, 0.25) is 0 Å². The molecule has 0 aliphatic carbocycles. The summed E-state index contributed by atoms with van der Waals surface area (Å²) < 4.78 is 63.0. The van der Waals surface area contributed by atoms with E-state index in [0.717, 1.165) is 0 Å². The van der Waals surface area contributed by atoms with Gasteiger partial charge in [-0.25, -0.2) is 13.8 Å². The van der Waals surface area contributed by atoms with E-state index in [-0.39, 0.29) is 0 Å². The molecule has 0 fully saturated rings. The Labute approximate surface area is 102 Å². The Kier molecular flexibility index (Phi) is 4.10.